The molecule has 0 bridgehead atoms. The standard InChI is InChI=1S/2C3H6S2.CH4S.Sn.H/c2*4-3-1-2-5-3;1-2;;/h2*3-4H,1-2H2;2H,1H3;;/q;;;+3;/p-3. The second kappa shape index (κ2) is 6.32. The van der Waals surface area contributed by atoms with Gasteiger partial charge in [-0.05, 0) is 0 Å². The summed E-state index contributed by atoms with van der Waals surface area (Å²) in [6.07, 6.45) is 5.32. The fourth-order valence-electron chi connectivity index (χ4n) is 1.03. The number of rotatable bonds is 5. The van der Waals surface area contributed by atoms with Crippen LogP contribution in [-0.4, -0.2) is 42.5 Å². The molecular formula is C7H14S5Sn. The molecule has 0 aromatic heterocycles. The Balaban J connectivity index is 1.65. The van der Waals surface area contributed by atoms with E-state index in [1.54, 1.807) is 0 Å². The molecule has 0 amide bonds. The maximum absolute atomic E-state index is 2.39. The molecule has 0 N–H and O–H groups in total. The van der Waals surface area contributed by atoms with E-state index >= 15 is 0 Å². The van der Waals surface area contributed by atoms with Gasteiger partial charge < -0.3 is 0 Å². The van der Waals surface area contributed by atoms with Crippen molar-refractivity contribution in [3.05, 3.63) is 0 Å². The summed E-state index contributed by atoms with van der Waals surface area (Å²) in [6, 6.07) is 0. The molecular weight excluding hydrogens is 363 g/mol. The molecule has 2 heterocycles. The van der Waals surface area contributed by atoms with Gasteiger partial charge in [-0.15, -0.1) is 0 Å². The zero-order chi connectivity index (χ0) is 9.10. The van der Waals surface area contributed by atoms with E-state index in [1.165, 1.54) is 24.3 Å². The van der Waals surface area contributed by atoms with Gasteiger partial charge in [-0.2, -0.15) is 0 Å². The third-order valence-electron chi connectivity index (χ3n) is 2.03. The topological polar surface area (TPSA) is 0 Å². The molecule has 2 unspecified atom stereocenters. The Morgan fingerprint density at radius 1 is 1.08 bits per heavy atom. The fraction of sp³-hybridized carbons (Fsp3) is 1.00. The molecule has 2 aliphatic rings. The third-order valence-corrected chi connectivity index (χ3v) is 40.4. The molecule has 6 heteroatoms. The molecule has 0 saturated carbocycles. The Kier molecular flexibility index (Phi) is 5.85. The molecule has 76 valence electrons. The van der Waals surface area contributed by atoms with Crippen molar-refractivity contribution in [2.75, 3.05) is 17.8 Å². The van der Waals surface area contributed by atoms with Crippen molar-refractivity contribution < 1.29 is 0 Å². The summed E-state index contributed by atoms with van der Waals surface area (Å²) in [5.74, 6) is 2.85. The zero-order valence-electron chi connectivity index (χ0n) is 7.60. The molecule has 0 spiro atoms. The second-order valence-electron chi connectivity index (χ2n) is 2.97. The monoisotopic (exact) mass is 378 g/mol. The molecule has 0 aromatic rings. The van der Waals surface area contributed by atoms with Crippen molar-refractivity contribution in [3.8, 4) is 0 Å². The molecule has 0 nitrogen and oxygen atoms in total. The van der Waals surface area contributed by atoms with Crippen LogP contribution in [0.1, 0.15) is 12.8 Å². The van der Waals surface area contributed by atoms with Gasteiger partial charge in [-0.1, -0.05) is 0 Å². The van der Waals surface area contributed by atoms with Crippen LogP contribution in [0.2, 0.25) is 0 Å². The predicted octanol–water partition coefficient (Wildman–Crippen LogP) is 3.46. The molecule has 13 heavy (non-hydrogen) atoms. The van der Waals surface area contributed by atoms with Crippen molar-refractivity contribution in [2.24, 2.45) is 0 Å². The van der Waals surface area contributed by atoms with Gasteiger partial charge >= 0.3 is 106 Å². The van der Waals surface area contributed by atoms with E-state index in [0.29, 0.717) is 0 Å². The van der Waals surface area contributed by atoms with Gasteiger partial charge in [-0.3, -0.25) is 0 Å². The SMILES string of the molecule is C[S][SnH]([S]C1CCS1)[S]C1CCS1. The summed E-state index contributed by atoms with van der Waals surface area (Å²) in [4.78, 5) is 0. The summed E-state index contributed by atoms with van der Waals surface area (Å²) in [6.45, 7) is 0. The van der Waals surface area contributed by atoms with E-state index in [-0.39, 0.29) is 0 Å². The first-order valence-electron chi connectivity index (χ1n) is 4.45. The molecule has 2 aliphatic heterocycles. The van der Waals surface area contributed by atoms with Crippen molar-refractivity contribution in [2.45, 2.75) is 22.0 Å². The second-order valence-corrected chi connectivity index (χ2v) is 34.2. The fourth-order valence-corrected chi connectivity index (χ4v) is 44.5. The average molecular weight is 377 g/mol. The molecule has 0 aromatic carbocycles. The van der Waals surface area contributed by atoms with E-state index < -0.39 is 15.6 Å². The normalized spacial score (nSPS) is 34.8. The summed E-state index contributed by atoms with van der Waals surface area (Å²) < 4.78 is 2.01. The summed E-state index contributed by atoms with van der Waals surface area (Å²) in [5, 5.41) is 0. The zero-order valence-corrected chi connectivity index (χ0v) is 15.0. The summed E-state index contributed by atoms with van der Waals surface area (Å²) >= 11 is 3.13. The van der Waals surface area contributed by atoms with Gasteiger partial charge in [0.1, 0.15) is 0 Å². The van der Waals surface area contributed by atoms with Gasteiger partial charge in [0, 0.05) is 0 Å². The van der Waals surface area contributed by atoms with Crippen LogP contribution in [0.5, 0.6) is 0 Å². The first-order chi connectivity index (χ1) is 6.38. The van der Waals surface area contributed by atoms with Gasteiger partial charge in [0.25, 0.3) is 0 Å². The molecule has 2 atom stereocenters. The van der Waals surface area contributed by atoms with Crippen LogP contribution < -0.4 is 0 Å². The van der Waals surface area contributed by atoms with Crippen molar-refractivity contribution in [1.82, 2.24) is 0 Å². The van der Waals surface area contributed by atoms with Crippen LogP contribution in [0.4, 0.5) is 0 Å². The number of hydrogen-bond acceptors (Lipinski definition) is 5. The van der Waals surface area contributed by atoms with E-state index in [1.807, 2.05) is 0 Å². The van der Waals surface area contributed by atoms with Crippen molar-refractivity contribution >= 4 is 66.0 Å². The van der Waals surface area contributed by atoms with Gasteiger partial charge in [0.05, 0.1) is 0 Å². The Hall–Kier alpha value is 2.55. The first kappa shape index (κ1) is 12.0. The van der Waals surface area contributed by atoms with Gasteiger partial charge in [-0.25, -0.2) is 0 Å². The minimum absolute atomic E-state index is 1.01. The van der Waals surface area contributed by atoms with Gasteiger partial charge in [0.15, 0.2) is 0 Å². The maximum atomic E-state index is 2.39. The molecule has 0 aliphatic carbocycles. The number of hydrogen-bond donors (Lipinski definition) is 0. The van der Waals surface area contributed by atoms with Crippen LogP contribution in [-0.2, 0) is 0 Å². The first-order valence-corrected chi connectivity index (χ1v) is 21.8. The van der Waals surface area contributed by atoms with E-state index in [2.05, 4.69) is 56.6 Å². The van der Waals surface area contributed by atoms with Crippen LogP contribution in [0.15, 0.2) is 0 Å². The molecule has 2 rings (SSSR count). The van der Waals surface area contributed by atoms with Crippen LogP contribution in [0, 0.1) is 0 Å². The predicted molar refractivity (Wildman–Crippen MR) is 77.6 cm³/mol. The molecule has 2 fully saturated rings. The van der Waals surface area contributed by atoms with Crippen LogP contribution >= 0.6 is 50.4 Å². The van der Waals surface area contributed by atoms with Crippen LogP contribution in [0.25, 0.3) is 0 Å². The van der Waals surface area contributed by atoms with Crippen molar-refractivity contribution in [1.29, 1.82) is 0 Å². The number of thioether (sulfide) groups is 2. The Morgan fingerprint density at radius 3 is 1.77 bits per heavy atom. The average Bonchev–Trinajstić information content (AvgIpc) is 1.98. The Labute approximate surface area is 104 Å². The molecule has 0 radical (unpaired) electrons. The third kappa shape index (κ3) is 3.80. The quantitative estimate of drug-likeness (QED) is 0.671. The van der Waals surface area contributed by atoms with Gasteiger partial charge in [0.2, 0.25) is 0 Å². The molecule has 2 saturated heterocycles. The summed E-state index contributed by atoms with van der Waals surface area (Å²) in [5.41, 5.74) is 0. The Bertz CT molecular complexity index is 143. The van der Waals surface area contributed by atoms with Crippen LogP contribution in [0.3, 0.4) is 0 Å². The van der Waals surface area contributed by atoms with E-state index in [4.69, 9.17) is 0 Å². The van der Waals surface area contributed by atoms with Crippen molar-refractivity contribution in [3.63, 3.8) is 0 Å². The Morgan fingerprint density at radius 2 is 1.54 bits per heavy atom. The van der Waals surface area contributed by atoms with E-state index in [0.717, 1.165) is 9.16 Å². The summed E-state index contributed by atoms with van der Waals surface area (Å²) in [7, 11) is 7.02. The minimum atomic E-state index is -1.24. The van der Waals surface area contributed by atoms with E-state index in [9.17, 15) is 0 Å².